The molecule has 0 spiro atoms. The van der Waals surface area contributed by atoms with Gasteiger partial charge in [0.15, 0.2) is 5.17 Å². The summed E-state index contributed by atoms with van der Waals surface area (Å²) in [5.74, 6) is -0.573. The molecule has 1 aliphatic rings. The Morgan fingerprint density at radius 3 is 2.75 bits per heavy atom. The highest BCUT2D eigenvalue weighted by atomic mass is 35.5. The third kappa shape index (κ3) is 6.00. The molecule has 2 aromatic carbocycles. The number of ether oxygens (including phenoxy) is 1. The molecule has 36 heavy (non-hydrogen) atoms. The molecular formula is C26H24Cl2N4O3S. The number of rotatable bonds is 7. The number of aromatic amines is 1. The van der Waals surface area contributed by atoms with Crippen molar-refractivity contribution in [3.63, 3.8) is 0 Å². The summed E-state index contributed by atoms with van der Waals surface area (Å²) < 4.78 is 4.99. The van der Waals surface area contributed by atoms with E-state index in [-0.39, 0.29) is 11.2 Å². The second kappa shape index (κ2) is 11.3. The van der Waals surface area contributed by atoms with Gasteiger partial charge in [-0.05, 0) is 55.2 Å². The number of amides is 1. The van der Waals surface area contributed by atoms with Crippen LogP contribution in [0, 0.1) is 13.8 Å². The third-order valence-corrected chi connectivity index (χ3v) is 7.38. The number of carbonyl (C=O) groups is 2. The lowest BCUT2D eigenvalue weighted by atomic mass is 10.00. The van der Waals surface area contributed by atoms with Gasteiger partial charge in [-0.3, -0.25) is 4.79 Å². The fourth-order valence-corrected chi connectivity index (χ4v) is 5.37. The molecule has 3 aromatic rings. The van der Waals surface area contributed by atoms with E-state index in [4.69, 9.17) is 27.9 Å². The number of methoxy groups -OCH3 is 1. The van der Waals surface area contributed by atoms with E-state index in [1.165, 1.54) is 25.1 Å². The van der Waals surface area contributed by atoms with Crippen molar-refractivity contribution in [3.05, 3.63) is 91.7 Å². The highest BCUT2D eigenvalue weighted by molar-refractivity contribution is 8.15. The van der Waals surface area contributed by atoms with Crippen molar-refractivity contribution in [2.24, 2.45) is 10.2 Å². The van der Waals surface area contributed by atoms with Crippen molar-refractivity contribution >= 4 is 58.2 Å². The van der Waals surface area contributed by atoms with Gasteiger partial charge in [0, 0.05) is 22.2 Å². The number of hydrogen-bond donors (Lipinski definition) is 2. The van der Waals surface area contributed by atoms with Crippen LogP contribution in [0.4, 0.5) is 0 Å². The normalized spacial score (nSPS) is 16.6. The largest absolute Gasteiger partial charge is 0.465 e. The Morgan fingerprint density at radius 1 is 1.19 bits per heavy atom. The van der Waals surface area contributed by atoms with Gasteiger partial charge in [-0.15, -0.1) is 5.10 Å². The summed E-state index contributed by atoms with van der Waals surface area (Å²) in [6.45, 7) is 3.80. The number of nitrogens with one attached hydrogen (secondary N) is 2. The van der Waals surface area contributed by atoms with Crippen LogP contribution >= 0.6 is 35.0 Å². The zero-order valence-corrected chi connectivity index (χ0v) is 22.2. The molecule has 0 radical (unpaired) electrons. The van der Waals surface area contributed by atoms with Crippen molar-refractivity contribution < 1.29 is 14.3 Å². The maximum atomic E-state index is 12.5. The summed E-state index contributed by atoms with van der Waals surface area (Å²) in [6.07, 6.45) is 2.45. The number of carbonyl (C=O) groups excluding carboxylic acids is 2. The van der Waals surface area contributed by atoms with Crippen molar-refractivity contribution in [2.45, 2.75) is 31.9 Å². The fourth-order valence-electron chi connectivity index (χ4n) is 4.02. The van der Waals surface area contributed by atoms with Crippen LogP contribution in [0.3, 0.4) is 0 Å². The minimum atomic E-state index is -0.472. The average molecular weight is 543 g/mol. The minimum Gasteiger partial charge on any atom is -0.465 e. The van der Waals surface area contributed by atoms with Gasteiger partial charge >= 0.3 is 5.97 Å². The Kier molecular flexibility index (Phi) is 8.18. The van der Waals surface area contributed by atoms with Gasteiger partial charge in [-0.2, -0.15) is 5.10 Å². The number of thioether (sulfide) groups is 1. The van der Waals surface area contributed by atoms with Crippen LogP contribution in [-0.2, 0) is 22.4 Å². The predicted octanol–water partition coefficient (Wildman–Crippen LogP) is 5.48. The molecule has 1 unspecified atom stereocenters. The number of H-pyrrole nitrogens is 1. The van der Waals surface area contributed by atoms with Crippen LogP contribution in [0.1, 0.15) is 44.0 Å². The minimum absolute atomic E-state index is 0.101. The van der Waals surface area contributed by atoms with E-state index in [9.17, 15) is 9.59 Å². The molecule has 10 heteroatoms. The van der Waals surface area contributed by atoms with Crippen LogP contribution in [-0.4, -0.2) is 40.6 Å². The topological polar surface area (TPSA) is 95.9 Å². The number of aryl methyl sites for hydroxylation is 2. The fraction of sp³-hybridized carbons (Fsp3) is 0.231. The quantitative estimate of drug-likeness (QED) is 0.234. The zero-order chi connectivity index (χ0) is 25.8. The molecule has 7 nitrogen and oxygen atoms in total. The van der Waals surface area contributed by atoms with Crippen LogP contribution in [0.2, 0.25) is 10.0 Å². The van der Waals surface area contributed by atoms with E-state index in [0.717, 1.165) is 16.7 Å². The Bertz CT molecular complexity index is 1380. The van der Waals surface area contributed by atoms with Crippen LogP contribution in [0.15, 0.2) is 52.7 Å². The molecule has 1 aromatic heterocycles. The van der Waals surface area contributed by atoms with Crippen molar-refractivity contribution in [2.75, 3.05) is 7.11 Å². The summed E-state index contributed by atoms with van der Waals surface area (Å²) in [4.78, 5) is 28.1. The Hall–Kier alpha value is -3.07. The number of hydrogen-bond acceptors (Lipinski definition) is 6. The Labute approximate surface area is 223 Å². The lowest BCUT2D eigenvalue weighted by Gasteiger charge is -2.08. The monoisotopic (exact) mass is 542 g/mol. The molecule has 186 valence electrons. The molecule has 1 amide bonds. The second-order valence-electron chi connectivity index (χ2n) is 8.36. The summed E-state index contributed by atoms with van der Waals surface area (Å²) in [7, 11) is 1.33. The molecule has 0 aliphatic carbocycles. The predicted molar refractivity (Wildman–Crippen MR) is 146 cm³/mol. The summed E-state index contributed by atoms with van der Waals surface area (Å²) in [5.41, 5.74) is 5.28. The Balaban J connectivity index is 1.56. The highest BCUT2D eigenvalue weighted by Gasteiger charge is 2.30. The number of nitrogens with zero attached hydrogens (tertiary/aromatic N) is 2. The molecule has 1 aliphatic heterocycles. The van der Waals surface area contributed by atoms with Gasteiger partial charge in [0.25, 0.3) is 0 Å². The first-order valence-electron chi connectivity index (χ1n) is 11.1. The molecule has 1 fully saturated rings. The number of esters is 1. The average Bonchev–Trinajstić information content (AvgIpc) is 3.34. The molecule has 4 rings (SSSR count). The first-order valence-corrected chi connectivity index (χ1v) is 12.8. The van der Waals surface area contributed by atoms with Crippen molar-refractivity contribution in [3.8, 4) is 0 Å². The van der Waals surface area contributed by atoms with Gasteiger partial charge < -0.3 is 15.0 Å². The first kappa shape index (κ1) is 26.0. The first-order chi connectivity index (χ1) is 17.2. The van der Waals surface area contributed by atoms with Crippen LogP contribution in [0.5, 0.6) is 0 Å². The van der Waals surface area contributed by atoms with Crippen LogP contribution in [0.25, 0.3) is 0 Å². The van der Waals surface area contributed by atoms with Gasteiger partial charge in [-0.25, -0.2) is 4.79 Å². The maximum Gasteiger partial charge on any atom is 0.339 e. The summed E-state index contributed by atoms with van der Waals surface area (Å²) in [5, 5.41) is 12.4. The molecule has 1 saturated heterocycles. The smallest absolute Gasteiger partial charge is 0.339 e. The van der Waals surface area contributed by atoms with Crippen molar-refractivity contribution in [1.29, 1.82) is 0 Å². The van der Waals surface area contributed by atoms with Gasteiger partial charge in [0.2, 0.25) is 5.91 Å². The molecule has 2 N–H and O–H groups in total. The lowest BCUT2D eigenvalue weighted by molar-refractivity contribution is -0.118. The lowest BCUT2D eigenvalue weighted by Crippen LogP contribution is -2.25. The summed E-state index contributed by atoms with van der Waals surface area (Å²) in [6, 6.07) is 13.3. The maximum absolute atomic E-state index is 12.5. The standard InChI is InChI=1S/C26H24Cl2N4O3S/c1-14-5-4-6-16(9-14)10-22-24(33)31-26(36-22)32-29-13-21-19(23(15(2)30-21)25(34)35-3)12-17-11-18(27)7-8-20(17)28/h4-9,11,13,22,30H,10,12H2,1-3H3,(H,31,32,33)/b29-13+. The second-order valence-corrected chi connectivity index (χ2v) is 10.4. The molecule has 0 bridgehead atoms. The summed E-state index contributed by atoms with van der Waals surface area (Å²) >= 11 is 13.9. The zero-order valence-electron chi connectivity index (χ0n) is 19.9. The van der Waals surface area contributed by atoms with E-state index >= 15 is 0 Å². The number of benzene rings is 2. The SMILES string of the molecule is COC(=O)c1c(C)[nH]c(/C=N/N=C2\NC(=O)C(Cc3cccc(C)c3)S2)c1Cc1cc(Cl)ccc1Cl. The van der Waals surface area contributed by atoms with E-state index in [1.54, 1.807) is 25.1 Å². The Morgan fingerprint density at radius 2 is 2.00 bits per heavy atom. The molecular weight excluding hydrogens is 519 g/mol. The van der Waals surface area contributed by atoms with Crippen LogP contribution < -0.4 is 5.32 Å². The molecule has 0 saturated carbocycles. The number of aromatic nitrogens is 1. The third-order valence-electron chi connectivity index (χ3n) is 5.70. The highest BCUT2D eigenvalue weighted by Crippen LogP contribution is 2.28. The van der Waals surface area contributed by atoms with Gasteiger partial charge in [-0.1, -0.05) is 64.8 Å². The number of halogens is 2. The van der Waals surface area contributed by atoms with E-state index in [1.807, 2.05) is 25.1 Å². The molecule has 2 heterocycles. The van der Waals surface area contributed by atoms with E-state index < -0.39 is 5.97 Å². The van der Waals surface area contributed by atoms with E-state index in [2.05, 4.69) is 26.6 Å². The van der Waals surface area contributed by atoms with Gasteiger partial charge in [0.05, 0.1) is 29.8 Å². The van der Waals surface area contributed by atoms with Crippen molar-refractivity contribution in [1.82, 2.24) is 10.3 Å². The molecule has 1 atom stereocenters. The van der Waals surface area contributed by atoms with E-state index in [0.29, 0.717) is 50.6 Å². The number of amidine groups is 1. The van der Waals surface area contributed by atoms with Gasteiger partial charge in [0.1, 0.15) is 0 Å².